The van der Waals surface area contributed by atoms with Gasteiger partial charge in [-0.15, -0.1) is 0 Å². The molecule has 0 saturated carbocycles. The normalized spacial score (nSPS) is 19.1. The van der Waals surface area contributed by atoms with E-state index >= 15 is 0 Å². The summed E-state index contributed by atoms with van der Waals surface area (Å²) in [6.45, 7) is 3.09. The molecule has 0 bridgehead atoms. The van der Waals surface area contributed by atoms with E-state index in [-0.39, 0.29) is 17.3 Å². The van der Waals surface area contributed by atoms with Crippen LogP contribution in [0.3, 0.4) is 0 Å². The molecule has 9 heteroatoms. The van der Waals surface area contributed by atoms with Crippen molar-refractivity contribution in [2.45, 2.75) is 0 Å². The summed E-state index contributed by atoms with van der Waals surface area (Å²) in [5.74, 6) is 1.24. The molecule has 174 valence electrons. The first-order chi connectivity index (χ1) is 16.5. The standard InChI is InChI=1S/C25H23FN4O4/c26-18-2-1-3-22(8-18)33-20-4-6-21(7-5-20)34-25-23(24(27)32)9-19(10-28-25)30-13-16-11-29(15-31)12-17(16)14-30/h1-10,15-17H,11-14H2,(H2,27,32). The summed E-state index contributed by atoms with van der Waals surface area (Å²) in [6, 6.07) is 14.2. The molecule has 2 N–H and O–H groups in total. The van der Waals surface area contributed by atoms with Crippen molar-refractivity contribution in [1.82, 2.24) is 9.88 Å². The van der Waals surface area contributed by atoms with Crippen LogP contribution in [0.25, 0.3) is 0 Å². The predicted octanol–water partition coefficient (Wildman–Crippen LogP) is 3.43. The fourth-order valence-electron chi connectivity index (χ4n) is 4.55. The Hall–Kier alpha value is -4.14. The molecule has 2 amide bonds. The minimum absolute atomic E-state index is 0.113. The Bertz CT molecular complexity index is 1210. The zero-order valence-corrected chi connectivity index (χ0v) is 18.3. The van der Waals surface area contributed by atoms with Crippen molar-refractivity contribution in [3.8, 4) is 23.1 Å². The van der Waals surface area contributed by atoms with Crippen molar-refractivity contribution in [3.05, 3.63) is 72.2 Å². The quantitative estimate of drug-likeness (QED) is 0.541. The van der Waals surface area contributed by atoms with E-state index in [0.717, 1.165) is 38.3 Å². The van der Waals surface area contributed by atoms with Crippen LogP contribution < -0.4 is 20.1 Å². The summed E-state index contributed by atoms with van der Waals surface area (Å²) in [5, 5.41) is 0. The van der Waals surface area contributed by atoms with E-state index in [1.165, 1.54) is 12.1 Å². The number of hydrogen-bond acceptors (Lipinski definition) is 6. The fourth-order valence-corrected chi connectivity index (χ4v) is 4.55. The number of benzene rings is 2. The van der Waals surface area contributed by atoms with Gasteiger partial charge < -0.3 is 25.0 Å². The molecular weight excluding hydrogens is 439 g/mol. The molecule has 1 aromatic heterocycles. The number of likely N-dealkylation sites (tertiary alicyclic amines) is 1. The van der Waals surface area contributed by atoms with E-state index in [9.17, 15) is 14.0 Å². The highest BCUT2D eigenvalue weighted by Gasteiger charge is 2.40. The SMILES string of the molecule is NC(=O)c1cc(N2CC3CN(C=O)CC3C2)cnc1Oc1ccc(Oc2cccc(F)c2)cc1. The van der Waals surface area contributed by atoms with Crippen LogP contribution in [0.2, 0.25) is 0 Å². The average molecular weight is 462 g/mol. The molecule has 2 fully saturated rings. The minimum Gasteiger partial charge on any atom is -0.457 e. The summed E-state index contributed by atoms with van der Waals surface area (Å²) in [4.78, 5) is 31.5. The summed E-state index contributed by atoms with van der Waals surface area (Å²) in [6.07, 6.45) is 2.57. The van der Waals surface area contributed by atoms with Crippen molar-refractivity contribution in [1.29, 1.82) is 0 Å². The van der Waals surface area contributed by atoms with E-state index in [2.05, 4.69) is 9.88 Å². The number of ether oxygens (including phenoxy) is 2. The number of nitrogens with zero attached hydrogens (tertiary/aromatic N) is 3. The van der Waals surface area contributed by atoms with Crippen molar-refractivity contribution in [2.75, 3.05) is 31.1 Å². The van der Waals surface area contributed by atoms with Crippen molar-refractivity contribution in [3.63, 3.8) is 0 Å². The van der Waals surface area contributed by atoms with Crippen molar-refractivity contribution in [2.24, 2.45) is 17.6 Å². The van der Waals surface area contributed by atoms with Crippen LogP contribution in [0.1, 0.15) is 10.4 Å². The Morgan fingerprint density at radius 1 is 0.971 bits per heavy atom. The van der Waals surface area contributed by atoms with Gasteiger partial charge >= 0.3 is 0 Å². The number of amides is 2. The van der Waals surface area contributed by atoms with E-state index in [0.29, 0.717) is 29.1 Å². The highest BCUT2D eigenvalue weighted by molar-refractivity contribution is 5.96. The second kappa shape index (κ2) is 9.01. The van der Waals surface area contributed by atoms with Gasteiger partial charge in [-0.05, 0) is 42.5 Å². The largest absolute Gasteiger partial charge is 0.457 e. The van der Waals surface area contributed by atoms with E-state index in [4.69, 9.17) is 15.2 Å². The van der Waals surface area contributed by atoms with E-state index in [1.807, 2.05) is 4.90 Å². The number of hydrogen-bond donors (Lipinski definition) is 1. The molecule has 2 saturated heterocycles. The molecule has 5 rings (SSSR count). The van der Waals surface area contributed by atoms with Gasteiger partial charge in [0, 0.05) is 44.1 Å². The highest BCUT2D eigenvalue weighted by Crippen LogP contribution is 2.35. The van der Waals surface area contributed by atoms with Gasteiger partial charge in [0.05, 0.1) is 11.9 Å². The van der Waals surface area contributed by atoms with Crippen LogP contribution in [0.5, 0.6) is 23.1 Å². The zero-order chi connectivity index (χ0) is 23.7. The number of fused-ring (bicyclic) bond motifs is 1. The van der Waals surface area contributed by atoms with Crippen LogP contribution in [0.4, 0.5) is 10.1 Å². The summed E-state index contributed by atoms with van der Waals surface area (Å²) >= 11 is 0. The van der Waals surface area contributed by atoms with Crippen LogP contribution in [0.15, 0.2) is 60.8 Å². The van der Waals surface area contributed by atoms with Gasteiger partial charge in [-0.3, -0.25) is 9.59 Å². The number of anilines is 1. The molecule has 0 aliphatic carbocycles. The second-order valence-electron chi connectivity index (χ2n) is 8.53. The fraction of sp³-hybridized carbons (Fsp3) is 0.240. The van der Waals surface area contributed by atoms with E-state index < -0.39 is 5.91 Å². The van der Waals surface area contributed by atoms with Gasteiger partial charge in [0.2, 0.25) is 12.3 Å². The third-order valence-corrected chi connectivity index (χ3v) is 6.20. The maximum atomic E-state index is 13.3. The number of rotatable bonds is 7. The molecule has 2 aliphatic rings. The molecule has 34 heavy (non-hydrogen) atoms. The van der Waals surface area contributed by atoms with Crippen LogP contribution >= 0.6 is 0 Å². The summed E-state index contributed by atoms with van der Waals surface area (Å²) in [7, 11) is 0. The molecule has 0 spiro atoms. The van der Waals surface area contributed by atoms with Gasteiger partial charge in [0.15, 0.2) is 0 Å². The van der Waals surface area contributed by atoms with Gasteiger partial charge in [0.25, 0.3) is 5.91 Å². The van der Waals surface area contributed by atoms with Crippen LogP contribution in [-0.2, 0) is 4.79 Å². The molecule has 2 atom stereocenters. The van der Waals surface area contributed by atoms with E-state index in [1.54, 1.807) is 48.7 Å². The number of nitrogens with two attached hydrogens (primary N) is 1. The van der Waals surface area contributed by atoms with Crippen molar-refractivity contribution < 1.29 is 23.5 Å². The average Bonchev–Trinajstić information content (AvgIpc) is 3.40. The number of carbonyl (C=O) groups is 2. The number of primary amides is 1. The first-order valence-corrected chi connectivity index (χ1v) is 10.9. The molecule has 3 heterocycles. The number of pyridine rings is 1. The molecule has 3 aromatic rings. The molecular formula is C25H23FN4O4. The minimum atomic E-state index is -0.637. The number of halogens is 1. The number of carbonyl (C=O) groups excluding carboxylic acids is 2. The Kier molecular flexibility index (Phi) is 5.75. The Morgan fingerprint density at radius 2 is 1.65 bits per heavy atom. The summed E-state index contributed by atoms with van der Waals surface area (Å²) < 4.78 is 24.8. The topological polar surface area (TPSA) is 98.0 Å². The maximum Gasteiger partial charge on any atom is 0.254 e. The van der Waals surface area contributed by atoms with Crippen LogP contribution in [-0.4, -0.2) is 48.4 Å². The third-order valence-electron chi connectivity index (χ3n) is 6.20. The smallest absolute Gasteiger partial charge is 0.254 e. The zero-order valence-electron chi connectivity index (χ0n) is 18.3. The first kappa shape index (κ1) is 21.7. The van der Waals surface area contributed by atoms with Gasteiger partial charge in [-0.1, -0.05) is 6.07 Å². The molecule has 2 unspecified atom stereocenters. The Balaban J connectivity index is 1.28. The Labute approximate surface area is 195 Å². The second-order valence-corrected chi connectivity index (χ2v) is 8.53. The summed E-state index contributed by atoms with van der Waals surface area (Å²) in [5.41, 5.74) is 6.60. The molecule has 2 aliphatic heterocycles. The lowest BCUT2D eigenvalue weighted by Gasteiger charge is -2.22. The molecule has 2 aromatic carbocycles. The molecule has 8 nitrogen and oxygen atoms in total. The van der Waals surface area contributed by atoms with Crippen molar-refractivity contribution >= 4 is 18.0 Å². The predicted molar refractivity (Wildman–Crippen MR) is 123 cm³/mol. The van der Waals surface area contributed by atoms with Gasteiger partial charge in [-0.25, -0.2) is 9.37 Å². The first-order valence-electron chi connectivity index (χ1n) is 10.9. The van der Waals surface area contributed by atoms with Crippen LogP contribution in [0, 0.1) is 17.7 Å². The Morgan fingerprint density at radius 3 is 2.26 bits per heavy atom. The maximum absolute atomic E-state index is 13.3. The third kappa shape index (κ3) is 4.50. The van der Waals surface area contributed by atoms with Gasteiger partial charge in [0.1, 0.15) is 28.6 Å². The lowest BCUT2D eigenvalue weighted by molar-refractivity contribution is -0.117. The number of aromatic nitrogens is 1. The lowest BCUT2D eigenvalue weighted by atomic mass is 10.0. The molecule has 0 radical (unpaired) electrons. The monoisotopic (exact) mass is 462 g/mol. The van der Waals surface area contributed by atoms with Gasteiger partial charge in [-0.2, -0.15) is 0 Å². The highest BCUT2D eigenvalue weighted by atomic mass is 19.1. The lowest BCUT2D eigenvalue weighted by Crippen LogP contribution is -2.28.